The largest absolute Gasteiger partial charge is 0.461 e. The van der Waals surface area contributed by atoms with Crippen molar-refractivity contribution >= 4 is 65.2 Å². The summed E-state index contributed by atoms with van der Waals surface area (Å²) in [4.78, 5) is 51.8. The molecule has 0 amide bonds. The van der Waals surface area contributed by atoms with Gasteiger partial charge in [0.2, 0.25) is 0 Å². The Balaban J connectivity index is 1.42. The van der Waals surface area contributed by atoms with Crippen LogP contribution in [0.5, 0.6) is 0 Å². The van der Waals surface area contributed by atoms with Crippen LogP contribution in [0.15, 0.2) is 103 Å². The van der Waals surface area contributed by atoms with Crippen LogP contribution in [0.25, 0.3) is 24.3 Å². The second kappa shape index (κ2) is 16.9. The van der Waals surface area contributed by atoms with E-state index in [0.717, 1.165) is 28.2 Å². The van der Waals surface area contributed by atoms with E-state index < -0.39 is 23.9 Å². The zero-order valence-electron chi connectivity index (χ0n) is 30.2. The van der Waals surface area contributed by atoms with Crippen LogP contribution >= 0.6 is 0 Å². The predicted octanol–water partition coefficient (Wildman–Crippen LogP) is 6.29. The number of carbonyl (C=O) groups is 4. The molecule has 5 rings (SSSR count). The highest BCUT2D eigenvalue weighted by molar-refractivity contribution is 5.92. The standard InChI is InChI=1S/C42H39N3O8/c1-43-35(39(46)50-3)24-30(25-36(43)40(47)51-4)14-12-28-16-20-33(21-17-28)45(32-10-8-7-9-11-32)34-22-18-29(19-23-34)13-15-31-26-37(41(48)52-5)44(2)38(27-31)42(49)53-6/h7-27H,1-6H3/q+2. The van der Waals surface area contributed by atoms with Crippen LogP contribution in [-0.4, -0.2) is 52.3 Å². The molecule has 2 aromatic heterocycles. The molecule has 0 saturated heterocycles. The van der Waals surface area contributed by atoms with Crippen molar-refractivity contribution in [2.75, 3.05) is 33.3 Å². The fraction of sp³-hybridized carbons (Fsp3) is 0.143. The molecule has 53 heavy (non-hydrogen) atoms. The van der Waals surface area contributed by atoms with Gasteiger partial charge in [-0.1, -0.05) is 66.8 Å². The van der Waals surface area contributed by atoms with Gasteiger partial charge < -0.3 is 23.8 Å². The van der Waals surface area contributed by atoms with Crippen LogP contribution in [0, 0.1) is 0 Å². The number of para-hydroxylation sites is 1. The van der Waals surface area contributed by atoms with E-state index in [1.807, 2.05) is 103 Å². The third-order valence-electron chi connectivity index (χ3n) is 8.49. The summed E-state index contributed by atoms with van der Waals surface area (Å²) in [7, 11) is 8.35. The number of pyridine rings is 2. The van der Waals surface area contributed by atoms with Gasteiger partial charge in [0, 0.05) is 41.3 Å². The quantitative estimate of drug-likeness (QED) is 0.0885. The lowest BCUT2D eigenvalue weighted by Gasteiger charge is -2.25. The third-order valence-corrected chi connectivity index (χ3v) is 8.49. The zero-order chi connectivity index (χ0) is 38.1. The molecular weight excluding hydrogens is 674 g/mol. The normalized spacial score (nSPS) is 11.0. The molecule has 0 spiro atoms. The second-order valence-corrected chi connectivity index (χ2v) is 11.7. The molecule has 0 bridgehead atoms. The third kappa shape index (κ3) is 8.54. The Bertz CT molecular complexity index is 2000. The van der Waals surface area contributed by atoms with E-state index in [1.54, 1.807) is 38.4 Å². The van der Waals surface area contributed by atoms with Gasteiger partial charge in [0.05, 0.1) is 28.4 Å². The molecule has 0 N–H and O–H groups in total. The fourth-order valence-electron chi connectivity index (χ4n) is 5.63. The summed E-state index contributed by atoms with van der Waals surface area (Å²) in [5, 5.41) is 0. The predicted molar refractivity (Wildman–Crippen MR) is 200 cm³/mol. The Morgan fingerprint density at radius 1 is 0.434 bits per heavy atom. The minimum atomic E-state index is -0.573. The van der Waals surface area contributed by atoms with Gasteiger partial charge in [0.15, 0.2) is 0 Å². The first kappa shape index (κ1) is 37.4. The molecule has 0 aliphatic carbocycles. The maximum Gasteiger partial charge on any atom is 0.403 e. The molecule has 0 radical (unpaired) electrons. The molecule has 0 saturated carbocycles. The van der Waals surface area contributed by atoms with E-state index >= 15 is 0 Å². The molecular formula is C42H39N3O8+2. The van der Waals surface area contributed by atoms with Gasteiger partial charge in [-0.05, 0) is 58.7 Å². The summed E-state index contributed by atoms with van der Waals surface area (Å²) < 4.78 is 22.5. The molecule has 0 atom stereocenters. The Hall–Kier alpha value is -6.88. The minimum absolute atomic E-state index is 0.208. The van der Waals surface area contributed by atoms with Crippen LogP contribution in [0.2, 0.25) is 0 Å². The molecule has 11 nitrogen and oxygen atoms in total. The minimum Gasteiger partial charge on any atom is -0.461 e. The van der Waals surface area contributed by atoms with Gasteiger partial charge in [0.25, 0.3) is 22.8 Å². The van der Waals surface area contributed by atoms with Gasteiger partial charge in [0.1, 0.15) is 14.1 Å². The molecule has 0 unspecified atom stereocenters. The van der Waals surface area contributed by atoms with Crippen LogP contribution in [0.3, 0.4) is 0 Å². The van der Waals surface area contributed by atoms with E-state index in [0.29, 0.717) is 11.1 Å². The number of aromatic nitrogens is 2. The number of hydrogen-bond donors (Lipinski definition) is 0. The lowest BCUT2D eigenvalue weighted by Crippen LogP contribution is -2.43. The SMILES string of the molecule is COC(=O)c1cc(/C=C/c2ccc(N(c3ccccc3)c3ccc(/C=C/c4cc(C(=O)OC)[n+](C)c(C(=O)OC)c4)cc3)cc2)cc(C(=O)OC)[n+]1C. The van der Waals surface area contributed by atoms with Crippen LogP contribution in [0.4, 0.5) is 17.1 Å². The Labute approximate surface area is 307 Å². The molecule has 0 fully saturated rings. The number of rotatable bonds is 11. The molecule has 11 heteroatoms. The topological polar surface area (TPSA) is 116 Å². The highest BCUT2D eigenvalue weighted by atomic mass is 16.5. The maximum atomic E-state index is 12.4. The Morgan fingerprint density at radius 3 is 1.02 bits per heavy atom. The number of methoxy groups -OCH3 is 4. The highest BCUT2D eigenvalue weighted by Crippen LogP contribution is 2.35. The number of esters is 4. The van der Waals surface area contributed by atoms with Gasteiger partial charge in [-0.3, -0.25) is 0 Å². The summed E-state index contributed by atoms with van der Waals surface area (Å²) in [6.07, 6.45) is 7.42. The van der Waals surface area contributed by atoms with E-state index in [-0.39, 0.29) is 22.8 Å². The average molecular weight is 714 g/mol. The van der Waals surface area contributed by atoms with Crippen molar-refractivity contribution < 1.29 is 47.3 Å². The lowest BCUT2D eigenvalue weighted by atomic mass is 10.1. The molecule has 3 aromatic carbocycles. The van der Waals surface area contributed by atoms with Crippen molar-refractivity contribution in [2.24, 2.45) is 14.1 Å². The van der Waals surface area contributed by atoms with Crippen molar-refractivity contribution in [1.82, 2.24) is 0 Å². The average Bonchev–Trinajstić information content (AvgIpc) is 3.20. The highest BCUT2D eigenvalue weighted by Gasteiger charge is 2.28. The summed E-state index contributed by atoms with van der Waals surface area (Å²) in [6.45, 7) is 0. The number of carbonyl (C=O) groups excluding carboxylic acids is 4. The zero-order valence-corrected chi connectivity index (χ0v) is 30.2. The number of nitrogens with zero attached hydrogens (tertiary/aromatic N) is 3. The number of anilines is 3. The number of ether oxygens (including phenoxy) is 4. The van der Waals surface area contributed by atoms with Gasteiger partial charge >= 0.3 is 23.9 Å². The summed E-state index contributed by atoms with van der Waals surface area (Å²) in [6, 6.07) is 32.6. The number of benzene rings is 3. The van der Waals surface area contributed by atoms with Crippen molar-refractivity contribution in [3.8, 4) is 0 Å². The van der Waals surface area contributed by atoms with Crippen LogP contribution in [0.1, 0.15) is 64.2 Å². The monoisotopic (exact) mass is 713 g/mol. The molecule has 268 valence electrons. The van der Waals surface area contributed by atoms with Crippen molar-refractivity contribution in [2.45, 2.75) is 0 Å². The fourth-order valence-corrected chi connectivity index (χ4v) is 5.63. The summed E-state index contributed by atoms with van der Waals surface area (Å²) in [5.41, 5.74) is 6.69. The van der Waals surface area contributed by atoms with Gasteiger partial charge in [-0.2, -0.15) is 9.13 Å². The Morgan fingerprint density at radius 2 is 0.717 bits per heavy atom. The second-order valence-electron chi connectivity index (χ2n) is 11.7. The van der Waals surface area contributed by atoms with Gasteiger partial charge in [-0.25, -0.2) is 19.2 Å². The van der Waals surface area contributed by atoms with E-state index in [4.69, 9.17) is 18.9 Å². The maximum absolute atomic E-state index is 12.4. The van der Waals surface area contributed by atoms with E-state index in [1.165, 1.54) is 37.6 Å². The molecule has 0 aliphatic rings. The first-order valence-electron chi connectivity index (χ1n) is 16.4. The molecule has 2 heterocycles. The van der Waals surface area contributed by atoms with E-state index in [2.05, 4.69) is 4.90 Å². The Kier molecular flexibility index (Phi) is 11.9. The van der Waals surface area contributed by atoms with Crippen molar-refractivity contribution in [3.05, 3.63) is 148 Å². The van der Waals surface area contributed by atoms with Crippen LogP contribution < -0.4 is 14.0 Å². The smallest absolute Gasteiger partial charge is 0.403 e. The van der Waals surface area contributed by atoms with E-state index in [9.17, 15) is 19.2 Å². The van der Waals surface area contributed by atoms with Crippen molar-refractivity contribution in [3.63, 3.8) is 0 Å². The van der Waals surface area contributed by atoms with Crippen molar-refractivity contribution in [1.29, 1.82) is 0 Å². The van der Waals surface area contributed by atoms with Crippen LogP contribution in [-0.2, 0) is 33.0 Å². The summed E-state index contributed by atoms with van der Waals surface area (Å²) in [5.74, 6) is -2.29. The first-order valence-corrected chi connectivity index (χ1v) is 16.4. The molecule has 5 aromatic rings. The lowest BCUT2D eigenvalue weighted by molar-refractivity contribution is -0.676. The summed E-state index contributed by atoms with van der Waals surface area (Å²) >= 11 is 0. The number of hydrogen-bond acceptors (Lipinski definition) is 9. The molecule has 0 aliphatic heterocycles. The van der Waals surface area contributed by atoms with Gasteiger partial charge in [-0.15, -0.1) is 0 Å². The first-order chi connectivity index (χ1) is 25.6.